The van der Waals surface area contributed by atoms with Crippen LogP contribution in [0.4, 0.5) is 35.1 Å². The second-order valence-electron chi connectivity index (χ2n) is 10.6. The first-order valence-electron chi connectivity index (χ1n) is 13.1. The summed E-state index contributed by atoms with van der Waals surface area (Å²) in [5.74, 6) is -9.24. The molecule has 6 atom stereocenters. The van der Waals surface area contributed by atoms with Crippen LogP contribution >= 0.6 is 11.8 Å². The zero-order chi connectivity index (χ0) is 32.6. The van der Waals surface area contributed by atoms with Crippen LogP contribution in [-0.2, 0) is 14.3 Å². The van der Waals surface area contributed by atoms with Gasteiger partial charge in [0.1, 0.15) is 47.3 Å². The van der Waals surface area contributed by atoms with E-state index in [0.29, 0.717) is 23.9 Å². The molecule has 4 N–H and O–H groups in total. The number of benzene rings is 1. The van der Waals surface area contributed by atoms with Crippen molar-refractivity contribution in [3.63, 3.8) is 0 Å². The fourth-order valence-corrected chi connectivity index (χ4v) is 6.74. The highest BCUT2D eigenvalue weighted by Gasteiger charge is 2.54. The highest BCUT2D eigenvalue weighted by molar-refractivity contribution is 8.01. The summed E-state index contributed by atoms with van der Waals surface area (Å²) >= 11 is 0.445. The summed E-state index contributed by atoms with van der Waals surface area (Å²) in [4.78, 5) is 13.0. The molecule has 1 amide bonds. The van der Waals surface area contributed by atoms with Gasteiger partial charge in [0, 0.05) is 25.5 Å². The summed E-state index contributed by atoms with van der Waals surface area (Å²) < 4.78 is 120. The first kappa shape index (κ1) is 34.3. The molecule has 0 unspecified atom stereocenters. The molecule has 0 radical (unpaired) electrons. The normalized spacial score (nSPS) is 27.6. The van der Waals surface area contributed by atoms with E-state index in [1.54, 1.807) is 5.32 Å². The number of amides is 1. The Labute approximate surface area is 248 Å². The van der Waals surface area contributed by atoms with E-state index in [1.165, 1.54) is 0 Å². The van der Waals surface area contributed by atoms with Crippen LogP contribution in [0.25, 0.3) is 11.3 Å². The van der Waals surface area contributed by atoms with Gasteiger partial charge in [-0.15, -0.1) is 16.9 Å². The largest absolute Gasteiger partial charge is 0.405 e. The molecule has 1 saturated carbocycles. The van der Waals surface area contributed by atoms with Gasteiger partial charge in [-0.2, -0.15) is 13.2 Å². The van der Waals surface area contributed by atoms with Crippen LogP contribution in [0, 0.1) is 17.5 Å². The van der Waals surface area contributed by atoms with E-state index in [1.807, 2.05) is 0 Å². The van der Waals surface area contributed by atoms with Crippen molar-refractivity contribution in [1.82, 2.24) is 20.3 Å². The Balaban J connectivity index is 1.67. The van der Waals surface area contributed by atoms with Crippen molar-refractivity contribution >= 4 is 17.7 Å². The maximum Gasteiger partial charge on any atom is 0.405 e. The quantitative estimate of drug-likeness (QED) is 0.236. The molecule has 246 valence electrons. The number of aliphatic hydroxyl groups excluding tert-OH is 2. The lowest BCUT2D eigenvalue weighted by atomic mass is 9.80. The predicted molar refractivity (Wildman–Crippen MR) is 136 cm³/mol. The van der Waals surface area contributed by atoms with Gasteiger partial charge in [0.05, 0.1) is 18.4 Å². The third kappa shape index (κ3) is 7.44. The van der Waals surface area contributed by atoms with Crippen molar-refractivity contribution in [2.24, 2.45) is 0 Å². The second-order valence-corrected chi connectivity index (χ2v) is 11.8. The minimum Gasteiger partial charge on any atom is -0.394 e. The first-order valence-corrected chi connectivity index (χ1v) is 14.1. The number of aromatic nitrogens is 3. The number of hydrogen-bond donors (Lipinski definition) is 4. The van der Waals surface area contributed by atoms with E-state index in [0.717, 1.165) is 18.0 Å². The van der Waals surface area contributed by atoms with Crippen molar-refractivity contribution in [3.8, 4) is 11.3 Å². The number of carbonyl (C=O) groups is 1. The third-order valence-corrected chi connectivity index (χ3v) is 9.07. The van der Waals surface area contributed by atoms with Crippen LogP contribution in [0.5, 0.6) is 0 Å². The molecule has 1 aromatic heterocycles. The highest BCUT2D eigenvalue weighted by Crippen LogP contribution is 2.47. The number of aliphatic hydroxyl groups is 3. The number of nitrogens with zero attached hydrogens (tertiary/aromatic N) is 3. The van der Waals surface area contributed by atoms with Crippen LogP contribution < -0.4 is 5.32 Å². The van der Waals surface area contributed by atoms with E-state index in [9.17, 15) is 55.2 Å². The van der Waals surface area contributed by atoms with Crippen molar-refractivity contribution < 1.29 is 64.7 Å². The van der Waals surface area contributed by atoms with Crippen LogP contribution in [-0.4, -0.2) is 103 Å². The molecule has 4 rings (SSSR count). The summed E-state index contributed by atoms with van der Waals surface area (Å²) in [6.07, 6.45) is -11.1. The van der Waals surface area contributed by atoms with Gasteiger partial charge in [0.25, 0.3) is 0 Å². The van der Waals surface area contributed by atoms with Gasteiger partial charge < -0.3 is 30.1 Å². The fourth-order valence-electron chi connectivity index (χ4n) is 5.14. The molecule has 19 heteroatoms. The van der Waals surface area contributed by atoms with Crippen LogP contribution in [0.2, 0.25) is 0 Å². The van der Waals surface area contributed by atoms with Crippen molar-refractivity contribution in [1.29, 1.82) is 0 Å². The van der Waals surface area contributed by atoms with Gasteiger partial charge >= 0.3 is 6.18 Å². The average molecular weight is 665 g/mol. The topological polar surface area (TPSA) is 139 Å². The Morgan fingerprint density at radius 1 is 1.20 bits per heavy atom. The molecule has 0 bridgehead atoms. The number of alkyl halides is 5. The van der Waals surface area contributed by atoms with Gasteiger partial charge in [-0.3, -0.25) is 4.79 Å². The molecule has 2 fully saturated rings. The maximum absolute atomic E-state index is 13.9. The summed E-state index contributed by atoms with van der Waals surface area (Å²) in [7, 11) is 1.14. The van der Waals surface area contributed by atoms with Crippen LogP contribution in [0.1, 0.15) is 31.7 Å². The summed E-state index contributed by atoms with van der Waals surface area (Å²) in [6.45, 7) is -2.61. The summed E-state index contributed by atoms with van der Waals surface area (Å²) in [6, 6.07) is -0.0346. The monoisotopic (exact) mass is 664 g/mol. The number of thioether (sulfide) groups is 1. The number of nitrogens with one attached hydrogen (secondary N) is 1. The Bertz CT molecular complexity index is 1300. The molecule has 10 nitrogen and oxygen atoms in total. The predicted octanol–water partition coefficient (Wildman–Crippen LogP) is 2.72. The lowest BCUT2D eigenvalue weighted by Crippen LogP contribution is -2.59. The zero-order valence-corrected chi connectivity index (χ0v) is 23.6. The Hall–Kier alpha value is -2.58. The number of hydrogen-bond acceptors (Lipinski definition) is 9. The maximum atomic E-state index is 13.9. The lowest BCUT2D eigenvalue weighted by molar-refractivity contribution is -0.186. The van der Waals surface area contributed by atoms with Crippen molar-refractivity contribution in [2.45, 2.75) is 78.4 Å². The van der Waals surface area contributed by atoms with E-state index >= 15 is 0 Å². The molecule has 1 aliphatic heterocycles. The van der Waals surface area contributed by atoms with Gasteiger partial charge in [-0.05, 0) is 25.0 Å². The molecule has 0 spiro atoms. The molecule has 2 aliphatic rings. The minimum atomic E-state index is -4.83. The highest BCUT2D eigenvalue weighted by atomic mass is 32.2. The SMILES string of the molecule is CO[C@@H]1[C@@H](n2cc(-c3cc(F)c(F)c(F)c3)nn2)[C@@H](O)[C@@H](CO)O[C@H]1S[C@H](C(=O)NCC(F)(F)F)C1(O)CCC(F)(F)CC1. The second kappa shape index (κ2) is 13.0. The van der Waals surface area contributed by atoms with Gasteiger partial charge in [0.15, 0.2) is 17.5 Å². The molecule has 44 heavy (non-hydrogen) atoms. The number of methoxy groups -OCH3 is 1. The van der Waals surface area contributed by atoms with E-state index < -0.39 is 115 Å². The molecule has 2 heterocycles. The summed E-state index contributed by atoms with van der Waals surface area (Å²) in [5.41, 5.74) is -4.05. The Morgan fingerprint density at radius 3 is 2.36 bits per heavy atom. The molecular formula is C25H28F8N4O6S. The van der Waals surface area contributed by atoms with Gasteiger partial charge in [0.2, 0.25) is 11.8 Å². The van der Waals surface area contributed by atoms with E-state index in [-0.39, 0.29) is 11.3 Å². The number of halogens is 8. The first-order chi connectivity index (χ1) is 20.5. The smallest absolute Gasteiger partial charge is 0.394 e. The van der Waals surface area contributed by atoms with Gasteiger partial charge in [-0.25, -0.2) is 26.6 Å². The molecule has 1 aromatic carbocycles. The van der Waals surface area contributed by atoms with E-state index in [4.69, 9.17) is 9.47 Å². The molecule has 2 aromatic rings. The molecule has 1 saturated heterocycles. The third-order valence-electron chi connectivity index (χ3n) is 7.50. The van der Waals surface area contributed by atoms with Gasteiger partial charge in [-0.1, -0.05) is 5.21 Å². The average Bonchev–Trinajstić information content (AvgIpc) is 3.44. The number of ether oxygens (including phenoxy) is 2. The standard InChI is InChI=1S/C25H28F8N4O6S/c1-42-19-17(37-8-14(35-36-37)11-6-12(26)16(28)13(27)7-11)18(39)15(9-38)43-22(19)44-20(21(40)34-10-25(31,32)33)23(41)2-4-24(29,30)5-3-23/h6-8,15,17-20,22,38-39,41H,2-5,9-10H2,1H3,(H,34,40)/t15-,17+,18+,19-,20-,22+/m1/s1. The number of carbonyl (C=O) groups excluding carboxylic acids is 1. The van der Waals surface area contributed by atoms with Crippen molar-refractivity contribution in [3.05, 3.63) is 35.8 Å². The van der Waals surface area contributed by atoms with Crippen LogP contribution in [0.3, 0.4) is 0 Å². The van der Waals surface area contributed by atoms with Crippen molar-refractivity contribution in [2.75, 3.05) is 20.3 Å². The van der Waals surface area contributed by atoms with Crippen LogP contribution in [0.15, 0.2) is 18.3 Å². The summed E-state index contributed by atoms with van der Waals surface area (Å²) in [5, 5.41) is 39.7. The molecule has 1 aliphatic carbocycles. The lowest BCUT2D eigenvalue weighted by Gasteiger charge is -2.46. The zero-order valence-electron chi connectivity index (χ0n) is 22.8. The van der Waals surface area contributed by atoms with E-state index in [2.05, 4.69) is 10.3 Å². The fraction of sp³-hybridized carbons (Fsp3) is 0.640. The molecular weight excluding hydrogens is 636 g/mol. The Kier molecular flexibility index (Phi) is 10.2. The number of rotatable bonds is 9. The minimum absolute atomic E-state index is 0.178. The Morgan fingerprint density at radius 2 is 1.82 bits per heavy atom.